The van der Waals surface area contributed by atoms with Crippen LogP contribution in [0.15, 0.2) is 9.95 Å². The molecular formula is C13H23N5O2S. The number of H-pyrrole nitrogens is 1. The number of hydrogen-bond donors (Lipinski definition) is 3. The third kappa shape index (κ3) is 3.16. The zero-order valence-corrected chi connectivity index (χ0v) is 13.3. The van der Waals surface area contributed by atoms with Crippen molar-refractivity contribution >= 4 is 17.7 Å². The van der Waals surface area contributed by atoms with Gasteiger partial charge in [-0.3, -0.25) is 9.36 Å². The average molecular weight is 313 g/mol. The van der Waals surface area contributed by atoms with E-state index in [9.17, 15) is 9.59 Å². The third-order valence-electron chi connectivity index (χ3n) is 4.22. The van der Waals surface area contributed by atoms with Crippen molar-refractivity contribution in [3.63, 3.8) is 0 Å². The fourth-order valence-electron chi connectivity index (χ4n) is 2.97. The number of rotatable bonds is 6. The highest BCUT2D eigenvalue weighted by atomic mass is 32.2. The Hall–Kier alpha value is -1.28. The van der Waals surface area contributed by atoms with Crippen molar-refractivity contribution in [1.29, 1.82) is 0 Å². The molecule has 1 amide bonds. The van der Waals surface area contributed by atoms with Crippen LogP contribution >= 0.6 is 11.8 Å². The van der Waals surface area contributed by atoms with Crippen LogP contribution < -0.4 is 17.2 Å². The molecule has 0 saturated heterocycles. The molecule has 7 nitrogen and oxygen atoms in total. The van der Waals surface area contributed by atoms with Crippen molar-refractivity contribution in [3.05, 3.63) is 10.5 Å². The number of amides is 1. The summed E-state index contributed by atoms with van der Waals surface area (Å²) >= 11 is 1.51. The minimum absolute atomic E-state index is 0.0597. The Morgan fingerprint density at radius 2 is 2.33 bits per heavy atom. The van der Waals surface area contributed by atoms with Crippen molar-refractivity contribution in [2.75, 3.05) is 5.75 Å². The van der Waals surface area contributed by atoms with E-state index < -0.39 is 11.4 Å². The van der Waals surface area contributed by atoms with E-state index in [4.69, 9.17) is 11.5 Å². The largest absolute Gasteiger partial charge is 0.368 e. The summed E-state index contributed by atoms with van der Waals surface area (Å²) in [6.45, 7) is 3.88. The van der Waals surface area contributed by atoms with E-state index >= 15 is 0 Å². The fraction of sp³-hybridized carbons (Fsp3) is 0.769. The predicted octanol–water partition coefficient (Wildman–Crippen LogP) is 0.617. The second-order valence-electron chi connectivity index (χ2n) is 5.91. The molecule has 118 valence electrons. The van der Waals surface area contributed by atoms with Gasteiger partial charge in [0.15, 0.2) is 5.16 Å². The number of nitrogens with two attached hydrogens (primary N) is 2. The first-order valence-corrected chi connectivity index (χ1v) is 8.23. The molecule has 0 spiro atoms. The summed E-state index contributed by atoms with van der Waals surface area (Å²) in [7, 11) is 0. The van der Waals surface area contributed by atoms with E-state index in [1.165, 1.54) is 11.8 Å². The van der Waals surface area contributed by atoms with Gasteiger partial charge in [0.2, 0.25) is 5.91 Å². The molecule has 1 fully saturated rings. The number of aromatic amines is 1. The van der Waals surface area contributed by atoms with Gasteiger partial charge in [0.1, 0.15) is 0 Å². The molecule has 8 heteroatoms. The molecule has 1 aliphatic rings. The number of aromatic nitrogens is 3. The molecule has 0 bridgehead atoms. The average Bonchev–Trinajstić information content (AvgIpc) is 2.95. The Morgan fingerprint density at radius 1 is 1.62 bits per heavy atom. The Morgan fingerprint density at radius 3 is 2.95 bits per heavy atom. The SMILES string of the molecule is CC(C)n1c(SCCC2CCCC2(N)C(N)=O)n[nH]c1=O. The maximum Gasteiger partial charge on any atom is 0.344 e. The maximum atomic E-state index is 11.6. The van der Waals surface area contributed by atoms with Crippen LogP contribution in [-0.4, -0.2) is 32.0 Å². The lowest BCUT2D eigenvalue weighted by Crippen LogP contribution is -2.54. The van der Waals surface area contributed by atoms with Crippen molar-refractivity contribution < 1.29 is 4.79 Å². The Kier molecular flexibility index (Phi) is 4.77. The van der Waals surface area contributed by atoms with Crippen LogP contribution in [-0.2, 0) is 4.79 Å². The predicted molar refractivity (Wildman–Crippen MR) is 82.0 cm³/mol. The van der Waals surface area contributed by atoms with Crippen molar-refractivity contribution in [1.82, 2.24) is 14.8 Å². The molecule has 1 saturated carbocycles. The van der Waals surface area contributed by atoms with Crippen LogP contribution in [0.4, 0.5) is 0 Å². The van der Waals surface area contributed by atoms with Gasteiger partial charge in [0, 0.05) is 11.8 Å². The Balaban J connectivity index is 1.96. The van der Waals surface area contributed by atoms with Crippen LogP contribution in [0.1, 0.15) is 45.6 Å². The third-order valence-corrected chi connectivity index (χ3v) is 5.20. The van der Waals surface area contributed by atoms with Crippen LogP contribution in [0.2, 0.25) is 0 Å². The highest BCUT2D eigenvalue weighted by Crippen LogP contribution is 2.37. The molecule has 0 radical (unpaired) electrons. The van der Waals surface area contributed by atoms with Crippen LogP contribution in [0.25, 0.3) is 0 Å². The van der Waals surface area contributed by atoms with Gasteiger partial charge in [0.05, 0.1) is 5.54 Å². The first kappa shape index (κ1) is 16.1. The van der Waals surface area contributed by atoms with Crippen LogP contribution in [0, 0.1) is 5.92 Å². The van der Waals surface area contributed by atoms with Gasteiger partial charge in [-0.15, -0.1) is 5.10 Å². The number of hydrogen-bond acceptors (Lipinski definition) is 5. The van der Waals surface area contributed by atoms with Crippen LogP contribution in [0.5, 0.6) is 0 Å². The van der Waals surface area contributed by atoms with E-state index in [2.05, 4.69) is 10.2 Å². The summed E-state index contributed by atoms with van der Waals surface area (Å²) in [5, 5.41) is 7.18. The van der Waals surface area contributed by atoms with E-state index in [-0.39, 0.29) is 17.6 Å². The number of carbonyl (C=O) groups excluding carboxylic acids is 1. The normalized spacial score (nSPS) is 25.6. The summed E-state index contributed by atoms with van der Waals surface area (Å²) in [4.78, 5) is 23.2. The molecule has 1 aliphatic carbocycles. The molecule has 2 atom stereocenters. The van der Waals surface area contributed by atoms with Gasteiger partial charge in [-0.25, -0.2) is 9.89 Å². The highest BCUT2D eigenvalue weighted by molar-refractivity contribution is 7.99. The summed E-state index contributed by atoms with van der Waals surface area (Å²) in [6, 6.07) is 0.0597. The van der Waals surface area contributed by atoms with Crippen molar-refractivity contribution in [2.45, 2.75) is 56.3 Å². The molecule has 2 unspecified atom stereocenters. The molecule has 2 rings (SSSR count). The monoisotopic (exact) mass is 313 g/mol. The second-order valence-corrected chi connectivity index (χ2v) is 6.97. The minimum Gasteiger partial charge on any atom is -0.368 e. The zero-order chi connectivity index (χ0) is 15.6. The molecule has 1 heterocycles. The zero-order valence-electron chi connectivity index (χ0n) is 12.5. The molecule has 0 aliphatic heterocycles. The van der Waals surface area contributed by atoms with Gasteiger partial charge in [0.25, 0.3) is 0 Å². The number of thioether (sulfide) groups is 1. The molecule has 1 aromatic heterocycles. The fourth-order valence-corrected chi connectivity index (χ4v) is 4.10. The van der Waals surface area contributed by atoms with E-state index in [0.717, 1.165) is 25.0 Å². The summed E-state index contributed by atoms with van der Waals surface area (Å²) < 4.78 is 1.63. The lowest BCUT2D eigenvalue weighted by molar-refractivity contribution is -0.124. The molecule has 21 heavy (non-hydrogen) atoms. The first-order chi connectivity index (χ1) is 9.86. The van der Waals surface area contributed by atoms with Gasteiger partial charge in [-0.2, -0.15) is 0 Å². The van der Waals surface area contributed by atoms with E-state index in [0.29, 0.717) is 11.6 Å². The summed E-state index contributed by atoms with van der Waals surface area (Å²) in [5.74, 6) is 0.461. The van der Waals surface area contributed by atoms with Crippen LogP contribution in [0.3, 0.4) is 0 Å². The van der Waals surface area contributed by atoms with Gasteiger partial charge >= 0.3 is 5.69 Å². The van der Waals surface area contributed by atoms with E-state index in [1.807, 2.05) is 13.8 Å². The van der Waals surface area contributed by atoms with E-state index in [1.54, 1.807) is 4.57 Å². The highest BCUT2D eigenvalue weighted by Gasteiger charge is 2.43. The lowest BCUT2D eigenvalue weighted by atomic mass is 9.85. The topological polar surface area (TPSA) is 120 Å². The smallest absolute Gasteiger partial charge is 0.344 e. The Bertz CT molecular complexity index is 567. The quantitative estimate of drug-likeness (QED) is 0.665. The standard InChI is InChI=1S/C13H23N5O2S/c1-8(2)18-11(20)16-17-12(18)21-7-5-9-4-3-6-13(9,15)10(14)19/h8-9H,3-7,15H2,1-2H3,(H2,14,19)(H,16,20). The van der Waals surface area contributed by atoms with Gasteiger partial charge in [-0.1, -0.05) is 18.2 Å². The molecule has 1 aromatic rings. The Labute approximate surface area is 127 Å². The molecule has 5 N–H and O–H groups in total. The van der Waals surface area contributed by atoms with Crippen molar-refractivity contribution in [3.8, 4) is 0 Å². The van der Waals surface area contributed by atoms with Gasteiger partial charge in [-0.05, 0) is 39.0 Å². The maximum absolute atomic E-state index is 11.6. The number of primary amides is 1. The number of nitrogens with one attached hydrogen (secondary N) is 1. The number of carbonyl (C=O) groups is 1. The summed E-state index contributed by atoms with van der Waals surface area (Å²) in [5.41, 5.74) is 10.5. The lowest BCUT2D eigenvalue weighted by Gasteiger charge is -2.27. The second kappa shape index (κ2) is 6.23. The van der Waals surface area contributed by atoms with Crippen molar-refractivity contribution in [2.24, 2.45) is 17.4 Å². The molecular weight excluding hydrogens is 290 g/mol. The van der Waals surface area contributed by atoms with Gasteiger partial charge < -0.3 is 11.5 Å². The first-order valence-electron chi connectivity index (χ1n) is 7.24. The number of nitrogens with zero attached hydrogens (tertiary/aromatic N) is 2. The molecule has 0 aromatic carbocycles. The summed E-state index contributed by atoms with van der Waals surface area (Å²) in [6.07, 6.45) is 3.32. The minimum atomic E-state index is -0.871.